The number of sulfonamides is 1. The zero-order chi connectivity index (χ0) is 19.2. The van der Waals surface area contributed by atoms with E-state index in [4.69, 9.17) is 0 Å². The van der Waals surface area contributed by atoms with E-state index in [1.54, 1.807) is 31.2 Å². The summed E-state index contributed by atoms with van der Waals surface area (Å²) < 4.78 is 26.8. The highest BCUT2D eigenvalue weighted by Crippen LogP contribution is 2.23. The van der Waals surface area contributed by atoms with Gasteiger partial charge in [-0.3, -0.25) is 4.79 Å². The molecule has 1 unspecified atom stereocenters. The van der Waals surface area contributed by atoms with E-state index < -0.39 is 16.1 Å². The first kappa shape index (κ1) is 20.1. The van der Waals surface area contributed by atoms with Crippen LogP contribution in [0, 0.1) is 0 Å². The van der Waals surface area contributed by atoms with Crippen LogP contribution >= 0.6 is 0 Å². The molecule has 0 radical (unpaired) electrons. The second kappa shape index (κ2) is 8.96. The van der Waals surface area contributed by atoms with Crippen molar-refractivity contribution in [2.45, 2.75) is 26.8 Å². The van der Waals surface area contributed by atoms with Gasteiger partial charge in [0.2, 0.25) is 10.0 Å². The monoisotopic (exact) mass is 374 g/mol. The molecule has 2 rings (SSSR count). The lowest BCUT2D eigenvalue weighted by Gasteiger charge is -2.23. The molecule has 0 aromatic heterocycles. The van der Waals surface area contributed by atoms with Gasteiger partial charge in [-0.1, -0.05) is 42.5 Å². The number of carbonyl (C=O) groups excluding carboxylic acids is 1. The fraction of sp³-hybridized carbons (Fsp3) is 0.350. The van der Waals surface area contributed by atoms with Crippen molar-refractivity contribution in [3.63, 3.8) is 0 Å². The van der Waals surface area contributed by atoms with Gasteiger partial charge in [0.05, 0.1) is 5.75 Å². The third-order valence-corrected chi connectivity index (χ3v) is 5.71. The molecule has 0 amide bonds. The molecule has 1 atom stereocenters. The number of anilines is 1. The zero-order valence-corrected chi connectivity index (χ0v) is 16.3. The summed E-state index contributed by atoms with van der Waals surface area (Å²) in [6, 6.07) is 15.3. The van der Waals surface area contributed by atoms with Gasteiger partial charge in [-0.25, -0.2) is 8.42 Å². The Kier molecular flexibility index (Phi) is 6.94. The summed E-state index contributed by atoms with van der Waals surface area (Å²) in [4.78, 5) is 15.1. The number of Topliss-reactive ketones (excluding diaryl/α,β-unsaturated/α-hetero) is 1. The Labute approximate surface area is 156 Å². The summed E-state index contributed by atoms with van der Waals surface area (Å²) >= 11 is 0. The van der Waals surface area contributed by atoms with Crippen molar-refractivity contribution in [1.82, 2.24) is 4.72 Å². The lowest BCUT2D eigenvalue weighted by Crippen LogP contribution is -2.35. The van der Waals surface area contributed by atoms with Crippen LogP contribution in [0.25, 0.3) is 0 Å². The molecule has 5 nitrogen and oxygen atoms in total. The number of ketones is 1. The van der Waals surface area contributed by atoms with Crippen LogP contribution in [-0.2, 0) is 10.0 Å². The highest BCUT2D eigenvalue weighted by atomic mass is 32.2. The van der Waals surface area contributed by atoms with Crippen molar-refractivity contribution < 1.29 is 13.2 Å². The van der Waals surface area contributed by atoms with Crippen molar-refractivity contribution in [1.29, 1.82) is 0 Å². The second-order valence-corrected chi connectivity index (χ2v) is 7.99. The standard InChI is InChI=1S/C20H26N2O3S/c1-4-22(5-2)18-14-12-16(13-15-18)19(21-26(24,25)6-3)20(23)17-10-8-7-9-11-17/h7-15,19,21H,4-6H2,1-3H3. The van der Waals surface area contributed by atoms with Crippen LogP contribution in [0.4, 0.5) is 5.69 Å². The largest absolute Gasteiger partial charge is 0.372 e. The van der Waals surface area contributed by atoms with Crippen molar-refractivity contribution in [3.8, 4) is 0 Å². The lowest BCUT2D eigenvalue weighted by molar-refractivity contribution is 0.0953. The average molecular weight is 375 g/mol. The molecule has 2 aromatic carbocycles. The van der Waals surface area contributed by atoms with Crippen LogP contribution in [0.15, 0.2) is 54.6 Å². The van der Waals surface area contributed by atoms with Gasteiger partial charge in [-0.05, 0) is 38.5 Å². The first-order chi connectivity index (χ1) is 12.4. The summed E-state index contributed by atoms with van der Waals surface area (Å²) in [5.41, 5.74) is 2.15. The van der Waals surface area contributed by atoms with Crippen LogP contribution < -0.4 is 9.62 Å². The van der Waals surface area contributed by atoms with E-state index in [0.717, 1.165) is 18.8 Å². The molecule has 1 N–H and O–H groups in total. The Balaban J connectivity index is 2.39. The molecular weight excluding hydrogens is 348 g/mol. The van der Waals surface area contributed by atoms with Gasteiger partial charge in [-0.15, -0.1) is 0 Å². The number of hydrogen-bond acceptors (Lipinski definition) is 4. The van der Waals surface area contributed by atoms with E-state index in [0.29, 0.717) is 11.1 Å². The topological polar surface area (TPSA) is 66.5 Å². The highest BCUT2D eigenvalue weighted by Gasteiger charge is 2.26. The Morgan fingerprint density at radius 1 is 0.962 bits per heavy atom. The first-order valence-electron chi connectivity index (χ1n) is 8.86. The van der Waals surface area contributed by atoms with E-state index in [2.05, 4.69) is 23.5 Å². The summed E-state index contributed by atoms with van der Waals surface area (Å²) in [7, 11) is -3.54. The number of nitrogens with one attached hydrogen (secondary N) is 1. The summed E-state index contributed by atoms with van der Waals surface area (Å²) in [5.74, 6) is -0.346. The minimum Gasteiger partial charge on any atom is -0.372 e. The Morgan fingerprint density at radius 2 is 1.54 bits per heavy atom. The molecule has 0 aliphatic rings. The average Bonchev–Trinajstić information content (AvgIpc) is 2.68. The number of benzene rings is 2. The van der Waals surface area contributed by atoms with Gasteiger partial charge in [0.1, 0.15) is 6.04 Å². The highest BCUT2D eigenvalue weighted by molar-refractivity contribution is 7.89. The minimum absolute atomic E-state index is 0.0803. The lowest BCUT2D eigenvalue weighted by atomic mass is 9.98. The third-order valence-electron chi connectivity index (χ3n) is 4.35. The quantitative estimate of drug-likeness (QED) is 0.683. The van der Waals surface area contributed by atoms with E-state index >= 15 is 0 Å². The summed E-state index contributed by atoms with van der Waals surface area (Å²) in [6.45, 7) is 7.47. The molecule has 0 saturated heterocycles. The number of carbonyl (C=O) groups is 1. The number of hydrogen-bond donors (Lipinski definition) is 1. The Bertz CT molecular complexity index is 814. The predicted octanol–water partition coefficient (Wildman–Crippen LogP) is 3.40. The molecule has 0 heterocycles. The van der Waals surface area contributed by atoms with Gasteiger partial charge in [0.15, 0.2) is 5.78 Å². The van der Waals surface area contributed by atoms with Crippen LogP contribution in [-0.4, -0.2) is 33.0 Å². The van der Waals surface area contributed by atoms with E-state index in [1.165, 1.54) is 0 Å². The Morgan fingerprint density at radius 3 is 2.04 bits per heavy atom. The maximum absolute atomic E-state index is 12.9. The van der Waals surface area contributed by atoms with Crippen LogP contribution in [0.1, 0.15) is 42.7 Å². The van der Waals surface area contributed by atoms with Crippen molar-refractivity contribution in [3.05, 3.63) is 65.7 Å². The Hall–Kier alpha value is -2.18. The van der Waals surface area contributed by atoms with E-state index in [1.807, 2.05) is 30.3 Å². The van der Waals surface area contributed by atoms with E-state index in [-0.39, 0.29) is 11.5 Å². The minimum atomic E-state index is -3.54. The van der Waals surface area contributed by atoms with Gasteiger partial charge in [0, 0.05) is 24.3 Å². The maximum atomic E-state index is 12.9. The molecule has 0 spiro atoms. The smallest absolute Gasteiger partial charge is 0.212 e. The molecule has 0 aliphatic heterocycles. The molecule has 140 valence electrons. The zero-order valence-electron chi connectivity index (χ0n) is 15.5. The predicted molar refractivity (Wildman–Crippen MR) is 106 cm³/mol. The number of nitrogens with zero attached hydrogens (tertiary/aromatic N) is 1. The van der Waals surface area contributed by atoms with Gasteiger partial charge in [0.25, 0.3) is 0 Å². The van der Waals surface area contributed by atoms with Crippen molar-refractivity contribution in [2.75, 3.05) is 23.7 Å². The molecular formula is C20H26N2O3S. The van der Waals surface area contributed by atoms with E-state index in [9.17, 15) is 13.2 Å². The fourth-order valence-electron chi connectivity index (χ4n) is 2.77. The summed E-state index contributed by atoms with van der Waals surface area (Å²) in [6.07, 6.45) is 0. The fourth-order valence-corrected chi connectivity index (χ4v) is 3.54. The second-order valence-electron chi connectivity index (χ2n) is 5.95. The molecule has 0 saturated carbocycles. The molecule has 0 fully saturated rings. The molecule has 6 heteroatoms. The van der Waals surface area contributed by atoms with Crippen molar-refractivity contribution in [2.24, 2.45) is 0 Å². The molecule has 0 bridgehead atoms. The van der Waals surface area contributed by atoms with Crippen LogP contribution in [0.3, 0.4) is 0 Å². The van der Waals surface area contributed by atoms with Gasteiger partial charge >= 0.3 is 0 Å². The first-order valence-corrected chi connectivity index (χ1v) is 10.5. The SMILES string of the molecule is CCN(CC)c1ccc(C(NS(=O)(=O)CC)C(=O)c2ccccc2)cc1. The van der Waals surface area contributed by atoms with Crippen LogP contribution in [0.2, 0.25) is 0 Å². The molecule has 2 aromatic rings. The summed E-state index contributed by atoms with van der Waals surface area (Å²) in [5, 5.41) is 0. The third kappa shape index (κ3) is 4.93. The normalized spacial score (nSPS) is 12.6. The van der Waals surface area contributed by atoms with Gasteiger partial charge < -0.3 is 4.90 Å². The van der Waals surface area contributed by atoms with Crippen LogP contribution in [0.5, 0.6) is 0 Å². The van der Waals surface area contributed by atoms with Gasteiger partial charge in [-0.2, -0.15) is 4.72 Å². The van der Waals surface area contributed by atoms with Crippen molar-refractivity contribution >= 4 is 21.5 Å². The number of rotatable bonds is 9. The maximum Gasteiger partial charge on any atom is 0.212 e. The molecule has 26 heavy (non-hydrogen) atoms. The molecule has 0 aliphatic carbocycles.